The molecular formula is C27H41N5O3. The molecular weight excluding hydrogens is 442 g/mol. The SMILES string of the molecule is CCn1cc2c(=O)n(CC3(O)CCN(C(=O)C(C)CC4CCCCC4)CC34CCCC4)cnc2n1. The van der Waals surface area contributed by atoms with E-state index in [-0.39, 0.29) is 29.3 Å². The number of amides is 1. The van der Waals surface area contributed by atoms with Gasteiger partial charge in [-0.1, -0.05) is 51.9 Å². The molecule has 1 amide bonds. The number of likely N-dealkylation sites (tertiary alicyclic amines) is 1. The van der Waals surface area contributed by atoms with Gasteiger partial charge in [0, 0.05) is 37.2 Å². The van der Waals surface area contributed by atoms with Crippen LogP contribution >= 0.6 is 0 Å². The van der Waals surface area contributed by atoms with E-state index < -0.39 is 5.60 Å². The third-order valence-electron chi connectivity index (χ3n) is 9.29. The zero-order valence-electron chi connectivity index (χ0n) is 21.4. The molecule has 0 radical (unpaired) electrons. The number of rotatable bonds is 6. The molecule has 0 aromatic carbocycles. The maximum Gasteiger partial charge on any atom is 0.264 e. The molecule has 2 saturated carbocycles. The number of hydrogen-bond acceptors (Lipinski definition) is 5. The molecule has 1 spiro atoms. The van der Waals surface area contributed by atoms with E-state index in [9.17, 15) is 14.7 Å². The van der Waals surface area contributed by atoms with Crippen molar-refractivity contribution in [1.29, 1.82) is 0 Å². The number of carbonyl (C=O) groups excluding carboxylic acids is 1. The largest absolute Gasteiger partial charge is 0.387 e. The van der Waals surface area contributed by atoms with E-state index in [1.165, 1.54) is 38.4 Å². The second kappa shape index (κ2) is 9.68. The molecule has 2 aromatic rings. The molecule has 8 heteroatoms. The van der Waals surface area contributed by atoms with Gasteiger partial charge in [-0.2, -0.15) is 5.10 Å². The number of aromatic nitrogens is 4. The number of carbonyl (C=O) groups is 1. The second-order valence-corrected chi connectivity index (χ2v) is 11.6. The van der Waals surface area contributed by atoms with Crippen LogP contribution in [0.4, 0.5) is 0 Å². The van der Waals surface area contributed by atoms with Crippen molar-refractivity contribution in [3.63, 3.8) is 0 Å². The molecule has 0 bridgehead atoms. The lowest BCUT2D eigenvalue weighted by Crippen LogP contribution is -2.62. The van der Waals surface area contributed by atoms with Gasteiger partial charge in [-0.3, -0.25) is 18.8 Å². The van der Waals surface area contributed by atoms with Crippen LogP contribution in [0.2, 0.25) is 0 Å². The fourth-order valence-electron chi connectivity index (χ4n) is 7.17. The highest BCUT2D eigenvalue weighted by molar-refractivity contribution is 5.78. The Balaban J connectivity index is 1.34. The smallest absolute Gasteiger partial charge is 0.264 e. The van der Waals surface area contributed by atoms with Gasteiger partial charge in [-0.15, -0.1) is 0 Å². The van der Waals surface area contributed by atoms with E-state index in [4.69, 9.17) is 0 Å². The lowest BCUT2D eigenvalue weighted by atomic mass is 9.65. The predicted octanol–water partition coefficient (Wildman–Crippen LogP) is 3.74. The number of nitrogens with zero attached hydrogens (tertiary/aromatic N) is 5. The van der Waals surface area contributed by atoms with Gasteiger partial charge < -0.3 is 10.0 Å². The van der Waals surface area contributed by atoms with Gasteiger partial charge in [-0.25, -0.2) is 4.98 Å². The summed E-state index contributed by atoms with van der Waals surface area (Å²) in [5, 5.41) is 16.9. The van der Waals surface area contributed by atoms with E-state index in [0.29, 0.717) is 43.0 Å². The van der Waals surface area contributed by atoms with Gasteiger partial charge in [0.1, 0.15) is 11.7 Å². The molecule has 35 heavy (non-hydrogen) atoms. The van der Waals surface area contributed by atoms with Crippen molar-refractivity contribution < 1.29 is 9.90 Å². The highest BCUT2D eigenvalue weighted by atomic mass is 16.3. The topological polar surface area (TPSA) is 93.2 Å². The Morgan fingerprint density at radius 1 is 1.17 bits per heavy atom. The van der Waals surface area contributed by atoms with Crippen molar-refractivity contribution in [3.8, 4) is 0 Å². The van der Waals surface area contributed by atoms with Crippen molar-refractivity contribution in [2.75, 3.05) is 13.1 Å². The minimum Gasteiger partial charge on any atom is -0.387 e. The molecule has 1 N–H and O–H groups in total. The highest BCUT2D eigenvalue weighted by Gasteiger charge is 2.55. The van der Waals surface area contributed by atoms with Gasteiger partial charge in [-0.05, 0) is 38.5 Å². The number of fused-ring (bicyclic) bond motifs is 1. The first-order valence-electron chi connectivity index (χ1n) is 13.8. The van der Waals surface area contributed by atoms with E-state index in [1.807, 2.05) is 11.8 Å². The number of hydrogen-bond donors (Lipinski definition) is 1. The van der Waals surface area contributed by atoms with Crippen LogP contribution in [0.5, 0.6) is 0 Å². The van der Waals surface area contributed by atoms with Crippen molar-refractivity contribution in [3.05, 3.63) is 22.9 Å². The first-order chi connectivity index (χ1) is 16.8. The molecule has 192 valence electrons. The Labute approximate surface area is 207 Å². The van der Waals surface area contributed by atoms with Crippen LogP contribution in [-0.2, 0) is 17.9 Å². The average Bonchev–Trinajstić information content (AvgIpc) is 3.51. The second-order valence-electron chi connectivity index (χ2n) is 11.6. The minimum absolute atomic E-state index is 0.0343. The molecule has 8 nitrogen and oxygen atoms in total. The molecule has 1 aliphatic heterocycles. The van der Waals surface area contributed by atoms with E-state index >= 15 is 0 Å². The Morgan fingerprint density at radius 2 is 1.91 bits per heavy atom. The van der Waals surface area contributed by atoms with Crippen molar-refractivity contribution >= 4 is 16.9 Å². The van der Waals surface area contributed by atoms with Crippen molar-refractivity contribution in [1.82, 2.24) is 24.2 Å². The van der Waals surface area contributed by atoms with Gasteiger partial charge >= 0.3 is 0 Å². The van der Waals surface area contributed by atoms with Gasteiger partial charge in [0.25, 0.3) is 5.56 Å². The highest BCUT2D eigenvalue weighted by Crippen LogP contribution is 2.51. The third-order valence-corrected chi connectivity index (χ3v) is 9.29. The van der Waals surface area contributed by atoms with Crippen LogP contribution in [0.15, 0.2) is 17.3 Å². The summed E-state index contributed by atoms with van der Waals surface area (Å²) in [5.41, 5.74) is -1.11. The maximum absolute atomic E-state index is 13.5. The zero-order chi connectivity index (χ0) is 24.6. The Bertz CT molecular complexity index is 1110. The standard InChI is InChI=1S/C27H41N5O3/c1-3-32-16-22-23(29-32)28-19-31(25(22)34)18-27(35)13-14-30(17-26(27)11-7-8-12-26)24(33)20(2)15-21-9-5-4-6-10-21/h16,19-21,35H,3-15,17-18H2,1-2H3. The molecule has 1 saturated heterocycles. The van der Waals surface area contributed by atoms with E-state index in [0.717, 1.165) is 32.1 Å². The summed E-state index contributed by atoms with van der Waals surface area (Å²) >= 11 is 0. The molecule has 3 heterocycles. The fraction of sp³-hybridized carbons (Fsp3) is 0.778. The van der Waals surface area contributed by atoms with Crippen LogP contribution in [0.25, 0.3) is 11.0 Å². The van der Waals surface area contributed by atoms with Gasteiger partial charge in [0.05, 0.1) is 12.1 Å². The lowest BCUT2D eigenvalue weighted by molar-refractivity contribution is -0.163. The first kappa shape index (κ1) is 24.5. The number of aryl methyl sites for hydroxylation is 1. The van der Waals surface area contributed by atoms with Crippen LogP contribution in [0, 0.1) is 17.3 Å². The summed E-state index contributed by atoms with van der Waals surface area (Å²) in [6, 6.07) is 0. The quantitative estimate of drug-likeness (QED) is 0.676. The molecule has 2 atom stereocenters. The van der Waals surface area contributed by atoms with Crippen LogP contribution in [0.1, 0.15) is 84.5 Å². The summed E-state index contributed by atoms with van der Waals surface area (Å²) in [7, 11) is 0. The average molecular weight is 484 g/mol. The summed E-state index contributed by atoms with van der Waals surface area (Å²) < 4.78 is 3.28. The van der Waals surface area contributed by atoms with Crippen molar-refractivity contribution in [2.45, 2.75) is 103 Å². The molecule has 3 aliphatic rings. The molecule has 2 unspecified atom stereocenters. The molecule has 2 aromatic heterocycles. The Kier molecular flexibility index (Phi) is 6.77. The van der Waals surface area contributed by atoms with E-state index in [2.05, 4.69) is 17.0 Å². The van der Waals surface area contributed by atoms with Crippen molar-refractivity contribution in [2.24, 2.45) is 17.3 Å². The number of aliphatic hydroxyl groups is 1. The van der Waals surface area contributed by atoms with Crippen LogP contribution < -0.4 is 5.56 Å². The minimum atomic E-state index is -1.03. The summed E-state index contributed by atoms with van der Waals surface area (Å²) in [4.78, 5) is 33.1. The summed E-state index contributed by atoms with van der Waals surface area (Å²) in [6.07, 6.45) is 15.1. The first-order valence-corrected chi connectivity index (χ1v) is 13.8. The van der Waals surface area contributed by atoms with Gasteiger partial charge in [0.15, 0.2) is 5.65 Å². The van der Waals surface area contributed by atoms with Crippen LogP contribution in [-0.4, -0.2) is 53.9 Å². The summed E-state index contributed by atoms with van der Waals surface area (Å²) in [6.45, 7) is 6.09. The Hall–Kier alpha value is -2.22. The molecule has 5 rings (SSSR count). The number of piperidine rings is 1. The monoisotopic (exact) mass is 483 g/mol. The van der Waals surface area contributed by atoms with Crippen LogP contribution in [0.3, 0.4) is 0 Å². The third kappa shape index (κ3) is 4.54. The van der Waals surface area contributed by atoms with Gasteiger partial charge in [0.2, 0.25) is 5.91 Å². The lowest BCUT2D eigenvalue weighted by Gasteiger charge is -2.52. The Morgan fingerprint density at radius 3 is 2.63 bits per heavy atom. The zero-order valence-corrected chi connectivity index (χ0v) is 21.4. The van der Waals surface area contributed by atoms with E-state index in [1.54, 1.807) is 15.4 Å². The molecule has 2 aliphatic carbocycles. The summed E-state index contributed by atoms with van der Waals surface area (Å²) in [5.74, 6) is 0.958. The predicted molar refractivity (Wildman–Crippen MR) is 135 cm³/mol. The maximum atomic E-state index is 13.5. The fourth-order valence-corrected chi connectivity index (χ4v) is 7.17. The normalized spacial score (nSPS) is 26.0. The molecule has 3 fully saturated rings.